The molecule has 0 aliphatic carbocycles. The maximum absolute atomic E-state index is 5.52. The zero-order valence-corrected chi connectivity index (χ0v) is 5.82. The van der Waals surface area contributed by atoms with Gasteiger partial charge in [0.05, 0.1) is 0 Å². The van der Waals surface area contributed by atoms with Crippen molar-refractivity contribution in [3.05, 3.63) is 0 Å². The van der Waals surface area contributed by atoms with Crippen LogP contribution in [-0.2, 0) is 0 Å². The van der Waals surface area contributed by atoms with Crippen molar-refractivity contribution < 1.29 is 0 Å². The second-order valence-electron chi connectivity index (χ2n) is 1.09. The van der Waals surface area contributed by atoms with Crippen LogP contribution >= 0.6 is 34.2 Å². The van der Waals surface area contributed by atoms with Gasteiger partial charge in [-0.1, -0.05) is 22.6 Å². The summed E-state index contributed by atoms with van der Waals surface area (Å²) in [5.74, 6) is 0. The summed E-state index contributed by atoms with van der Waals surface area (Å²) in [6, 6.07) is 0. The molecule has 2 N–H and O–H groups in total. The lowest BCUT2D eigenvalue weighted by molar-refractivity contribution is 0.366. The Morgan fingerprint density at radius 1 is 1.50 bits per heavy atom. The third-order valence-corrected chi connectivity index (χ3v) is 2.43. The average molecular weight is 218 g/mol. The lowest BCUT2D eigenvalue weighted by atomic mass is 10.6. The molecule has 1 saturated heterocycles. The fraction of sp³-hybridized carbons (Fsp3) is 1.00. The Bertz CT molecular complexity index is 51.5. The van der Waals surface area contributed by atoms with Crippen LogP contribution in [0.4, 0.5) is 0 Å². The van der Waals surface area contributed by atoms with Gasteiger partial charge in [0.1, 0.15) is 9.55 Å². The molecule has 4 heteroatoms. The van der Waals surface area contributed by atoms with Crippen LogP contribution in [0.3, 0.4) is 0 Å². The van der Waals surface area contributed by atoms with E-state index in [4.69, 9.17) is 11.6 Å². The summed E-state index contributed by atoms with van der Waals surface area (Å²) in [6.07, 6.45) is 0. The van der Waals surface area contributed by atoms with Gasteiger partial charge in [-0.3, -0.25) is 0 Å². The quantitative estimate of drug-likeness (QED) is 0.350. The topological polar surface area (TPSA) is 24.1 Å². The highest BCUT2D eigenvalue weighted by Crippen LogP contribution is 2.11. The molecule has 1 aliphatic heterocycles. The first kappa shape index (κ1) is 5.08. The van der Waals surface area contributed by atoms with Gasteiger partial charge >= 0.3 is 0 Å². The van der Waals surface area contributed by atoms with E-state index in [0.717, 1.165) is 0 Å². The van der Waals surface area contributed by atoms with Gasteiger partial charge in [0.15, 0.2) is 0 Å². The molecule has 36 valence electrons. The van der Waals surface area contributed by atoms with Gasteiger partial charge in [-0.25, -0.2) is 10.9 Å². The first-order valence-electron chi connectivity index (χ1n) is 1.60. The molecule has 0 bridgehead atoms. The van der Waals surface area contributed by atoms with E-state index < -0.39 is 0 Å². The van der Waals surface area contributed by atoms with Gasteiger partial charge in [-0.2, -0.15) is 0 Å². The minimum Gasteiger partial charge on any atom is -0.241 e. The van der Waals surface area contributed by atoms with Crippen molar-refractivity contribution in [1.82, 2.24) is 10.9 Å². The van der Waals surface area contributed by atoms with E-state index in [1.54, 1.807) is 0 Å². The minimum absolute atomic E-state index is 0.130. The smallest absolute Gasteiger partial charge is 0.121 e. The molecular weight excluding hydrogens is 214 g/mol. The molecular formula is C2H4ClIN2. The summed E-state index contributed by atoms with van der Waals surface area (Å²) in [5.41, 5.74) is 5.76. The van der Waals surface area contributed by atoms with E-state index in [0.29, 0.717) is 4.05 Å². The van der Waals surface area contributed by atoms with E-state index in [1.807, 2.05) is 0 Å². The largest absolute Gasteiger partial charge is 0.241 e. The molecule has 2 nitrogen and oxygen atoms in total. The Balaban J connectivity index is 2.20. The van der Waals surface area contributed by atoms with Crippen LogP contribution in [0.1, 0.15) is 0 Å². The van der Waals surface area contributed by atoms with Crippen molar-refractivity contribution >= 4 is 34.2 Å². The molecule has 0 amide bonds. The molecule has 1 fully saturated rings. The fourth-order valence-electron chi connectivity index (χ4n) is 0.209. The zero-order chi connectivity index (χ0) is 4.57. The highest BCUT2D eigenvalue weighted by molar-refractivity contribution is 14.1. The second-order valence-corrected chi connectivity index (χ2v) is 2.90. The number of hydrogen-bond donors (Lipinski definition) is 2. The van der Waals surface area contributed by atoms with Crippen LogP contribution in [0.2, 0.25) is 0 Å². The highest BCUT2D eigenvalue weighted by atomic mass is 127. The Labute approximate surface area is 54.7 Å². The Kier molecular flexibility index (Phi) is 1.54. The maximum atomic E-state index is 5.52. The molecule has 1 heterocycles. The van der Waals surface area contributed by atoms with Crippen molar-refractivity contribution in [2.45, 2.75) is 9.55 Å². The molecule has 2 atom stereocenters. The molecule has 1 rings (SSSR count). The number of halogens is 2. The summed E-state index contributed by atoms with van der Waals surface area (Å²) in [6.45, 7) is 0. The molecule has 0 saturated carbocycles. The van der Waals surface area contributed by atoms with Gasteiger partial charge in [-0.05, 0) is 0 Å². The number of rotatable bonds is 0. The van der Waals surface area contributed by atoms with Crippen LogP contribution in [0, 0.1) is 0 Å². The van der Waals surface area contributed by atoms with Gasteiger partial charge in [0.2, 0.25) is 0 Å². The highest BCUT2D eigenvalue weighted by Gasteiger charge is 2.23. The predicted molar refractivity (Wildman–Crippen MR) is 33.7 cm³/mol. The van der Waals surface area contributed by atoms with Crippen LogP contribution in [-0.4, -0.2) is 9.55 Å². The van der Waals surface area contributed by atoms with E-state index in [1.165, 1.54) is 0 Å². The summed E-state index contributed by atoms with van der Waals surface area (Å²) in [7, 11) is 0. The number of nitrogens with one attached hydrogen (secondary N) is 2. The summed E-state index contributed by atoms with van der Waals surface area (Å²) in [4.78, 5) is 0. The third-order valence-electron chi connectivity index (χ3n) is 0.616. The monoisotopic (exact) mass is 218 g/mol. The molecule has 0 spiro atoms. The fourth-order valence-corrected chi connectivity index (χ4v) is 0.695. The number of hydrazine groups is 1. The Hall–Kier alpha value is 0.940. The van der Waals surface area contributed by atoms with Crippen molar-refractivity contribution in [2.24, 2.45) is 0 Å². The summed E-state index contributed by atoms with van der Waals surface area (Å²) >= 11 is 7.73. The van der Waals surface area contributed by atoms with Gasteiger partial charge in [0.25, 0.3) is 0 Å². The van der Waals surface area contributed by atoms with E-state index in [-0.39, 0.29) is 5.50 Å². The van der Waals surface area contributed by atoms with Crippen molar-refractivity contribution in [2.75, 3.05) is 0 Å². The van der Waals surface area contributed by atoms with Crippen LogP contribution in [0.25, 0.3) is 0 Å². The predicted octanol–water partition coefficient (Wildman–Crippen LogP) is 0.420. The SMILES string of the molecule is Cl[C@@H]1NNC1I. The lowest BCUT2D eigenvalue weighted by Crippen LogP contribution is -2.61. The average Bonchev–Trinajstić information content (AvgIpc) is 1.61. The van der Waals surface area contributed by atoms with Crippen molar-refractivity contribution in [1.29, 1.82) is 0 Å². The molecule has 0 radical (unpaired) electrons. The lowest BCUT2D eigenvalue weighted by Gasteiger charge is -2.29. The normalized spacial score (nSPS) is 45.0. The van der Waals surface area contributed by atoms with Gasteiger partial charge < -0.3 is 0 Å². The zero-order valence-electron chi connectivity index (χ0n) is 2.91. The molecule has 1 aliphatic rings. The van der Waals surface area contributed by atoms with E-state index >= 15 is 0 Å². The Morgan fingerprint density at radius 2 is 2.00 bits per heavy atom. The third kappa shape index (κ3) is 0.776. The molecule has 1 unspecified atom stereocenters. The van der Waals surface area contributed by atoms with Gasteiger partial charge in [-0.15, -0.1) is 11.6 Å². The molecule has 6 heavy (non-hydrogen) atoms. The summed E-state index contributed by atoms with van der Waals surface area (Å²) in [5, 5.41) is 0. The van der Waals surface area contributed by atoms with E-state index in [2.05, 4.69) is 33.4 Å². The number of hydrogen-bond acceptors (Lipinski definition) is 2. The van der Waals surface area contributed by atoms with Crippen LogP contribution < -0.4 is 10.9 Å². The van der Waals surface area contributed by atoms with Crippen molar-refractivity contribution in [3.63, 3.8) is 0 Å². The molecule has 0 aromatic rings. The first-order chi connectivity index (χ1) is 2.80. The Morgan fingerprint density at radius 3 is 2.00 bits per heavy atom. The minimum atomic E-state index is 0.130. The number of alkyl halides is 2. The second kappa shape index (κ2) is 1.81. The standard InChI is InChI=1S/C2H4ClIN2/c3-1-2(4)6-5-1/h1-2,5-6H/t1-,2?/m1/s1. The van der Waals surface area contributed by atoms with Gasteiger partial charge in [0, 0.05) is 0 Å². The molecule has 0 aromatic heterocycles. The van der Waals surface area contributed by atoms with E-state index in [9.17, 15) is 0 Å². The first-order valence-corrected chi connectivity index (χ1v) is 3.28. The maximum Gasteiger partial charge on any atom is 0.121 e. The van der Waals surface area contributed by atoms with Crippen molar-refractivity contribution in [3.8, 4) is 0 Å². The van der Waals surface area contributed by atoms with Crippen LogP contribution in [0.15, 0.2) is 0 Å². The molecule has 0 aromatic carbocycles. The summed E-state index contributed by atoms with van der Waals surface area (Å²) < 4.78 is 0.407. The van der Waals surface area contributed by atoms with Crippen LogP contribution in [0.5, 0.6) is 0 Å².